The van der Waals surface area contributed by atoms with Crippen LogP contribution >= 0.6 is 0 Å². The van der Waals surface area contributed by atoms with Crippen LogP contribution in [0, 0.1) is 0 Å². The summed E-state index contributed by atoms with van der Waals surface area (Å²) < 4.78 is 32.5. The van der Waals surface area contributed by atoms with Crippen molar-refractivity contribution in [2.75, 3.05) is 29.9 Å². The van der Waals surface area contributed by atoms with Crippen molar-refractivity contribution in [1.29, 1.82) is 0 Å². The van der Waals surface area contributed by atoms with E-state index in [1.807, 2.05) is 0 Å². The molecule has 2 aromatic rings. The molecule has 0 aromatic heterocycles. The Balaban J connectivity index is 1.50. The van der Waals surface area contributed by atoms with Crippen molar-refractivity contribution < 1.29 is 22.7 Å². The molecule has 2 heterocycles. The molecule has 1 unspecified atom stereocenters. The maximum absolute atomic E-state index is 12.7. The fraction of sp³-hybridized carbons (Fsp3) is 0.304. The Morgan fingerprint density at radius 2 is 1.88 bits per heavy atom. The van der Waals surface area contributed by atoms with Gasteiger partial charge in [0.2, 0.25) is 10.0 Å². The molecule has 2 aliphatic heterocycles. The molecule has 1 N–H and O–H groups in total. The van der Waals surface area contributed by atoms with Crippen molar-refractivity contribution in [2.45, 2.75) is 30.8 Å². The van der Waals surface area contributed by atoms with Gasteiger partial charge in [0.05, 0.1) is 10.6 Å². The van der Waals surface area contributed by atoms with Gasteiger partial charge in [-0.25, -0.2) is 8.42 Å². The molecule has 2 amide bonds. The number of rotatable bonds is 6. The molecule has 0 bridgehead atoms. The zero-order valence-corrected chi connectivity index (χ0v) is 18.6. The maximum Gasteiger partial charge on any atom is 0.268 e. The summed E-state index contributed by atoms with van der Waals surface area (Å²) in [5, 5.41) is 2.79. The minimum atomic E-state index is -3.52. The van der Waals surface area contributed by atoms with Crippen molar-refractivity contribution in [1.82, 2.24) is 4.31 Å². The molecule has 4 rings (SSSR count). The van der Waals surface area contributed by atoms with E-state index in [-0.39, 0.29) is 16.7 Å². The minimum Gasteiger partial charge on any atom is -0.479 e. The number of carbonyl (C=O) groups excluding carboxylic acids is 2. The second kappa shape index (κ2) is 8.76. The van der Waals surface area contributed by atoms with Crippen LogP contribution in [0.15, 0.2) is 60.0 Å². The molecule has 2 aromatic carbocycles. The second-order valence-electron chi connectivity index (χ2n) is 7.77. The molecule has 0 saturated carbocycles. The third-order valence-electron chi connectivity index (χ3n) is 5.56. The number of amides is 2. The molecule has 8 nitrogen and oxygen atoms in total. The Kier molecular flexibility index (Phi) is 6.03. The normalized spacial score (nSPS) is 18.7. The molecule has 168 valence electrons. The Bertz CT molecular complexity index is 1150. The fourth-order valence-corrected chi connectivity index (χ4v) is 5.38. The molecular formula is C23H25N3O5S. The lowest BCUT2D eigenvalue weighted by Gasteiger charge is -2.32. The Morgan fingerprint density at radius 3 is 2.53 bits per heavy atom. The predicted octanol–water partition coefficient (Wildman–Crippen LogP) is 3.02. The van der Waals surface area contributed by atoms with Crippen LogP contribution in [0.1, 0.15) is 30.1 Å². The van der Waals surface area contributed by atoms with Gasteiger partial charge in [-0.1, -0.05) is 6.08 Å². The average molecular weight is 456 g/mol. The van der Waals surface area contributed by atoms with Gasteiger partial charge in [0.1, 0.15) is 5.75 Å². The number of benzene rings is 2. The zero-order valence-electron chi connectivity index (χ0n) is 17.8. The number of hydrogen-bond acceptors (Lipinski definition) is 5. The van der Waals surface area contributed by atoms with E-state index in [9.17, 15) is 18.0 Å². The lowest BCUT2D eigenvalue weighted by molar-refractivity contribution is -0.125. The first-order valence-corrected chi connectivity index (χ1v) is 11.9. The lowest BCUT2D eigenvalue weighted by Crippen LogP contribution is -2.44. The number of fused-ring (bicyclic) bond motifs is 1. The van der Waals surface area contributed by atoms with E-state index >= 15 is 0 Å². The van der Waals surface area contributed by atoms with Gasteiger partial charge in [-0.15, -0.1) is 6.58 Å². The fourth-order valence-electron chi connectivity index (χ4n) is 3.86. The van der Waals surface area contributed by atoms with E-state index in [0.717, 1.165) is 12.8 Å². The van der Waals surface area contributed by atoms with Crippen LogP contribution in [-0.2, 0) is 14.8 Å². The summed E-state index contributed by atoms with van der Waals surface area (Å²) >= 11 is 0. The van der Waals surface area contributed by atoms with E-state index in [0.29, 0.717) is 42.3 Å². The molecule has 1 saturated heterocycles. The standard InChI is InChI=1S/C23H25N3O5S/c1-3-12-26-20-11-8-18(15-21(20)31-16(2)23(26)28)24-22(27)17-6-9-19(10-7-17)32(29,30)25-13-4-5-14-25/h3,6-11,15-16H,1,4-5,12-14H2,2H3,(H,24,27). The first-order valence-electron chi connectivity index (χ1n) is 10.5. The van der Waals surface area contributed by atoms with Crippen molar-refractivity contribution >= 4 is 33.2 Å². The monoisotopic (exact) mass is 455 g/mol. The quantitative estimate of drug-likeness (QED) is 0.676. The molecule has 32 heavy (non-hydrogen) atoms. The van der Waals surface area contributed by atoms with Gasteiger partial charge in [-0.2, -0.15) is 4.31 Å². The molecule has 0 spiro atoms. The second-order valence-corrected chi connectivity index (χ2v) is 9.71. The number of ether oxygens (including phenoxy) is 1. The third-order valence-corrected chi connectivity index (χ3v) is 7.47. The third kappa shape index (κ3) is 4.13. The van der Waals surface area contributed by atoms with Gasteiger partial charge < -0.3 is 15.0 Å². The van der Waals surface area contributed by atoms with E-state index in [1.54, 1.807) is 36.1 Å². The number of nitrogens with zero attached hydrogens (tertiary/aromatic N) is 2. The average Bonchev–Trinajstić information content (AvgIpc) is 3.33. The van der Waals surface area contributed by atoms with Crippen LogP contribution in [0.25, 0.3) is 0 Å². The van der Waals surface area contributed by atoms with Crippen LogP contribution in [0.2, 0.25) is 0 Å². The highest BCUT2D eigenvalue weighted by atomic mass is 32.2. The van der Waals surface area contributed by atoms with Crippen LogP contribution in [0.4, 0.5) is 11.4 Å². The number of sulfonamides is 1. The number of hydrogen-bond donors (Lipinski definition) is 1. The Morgan fingerprint density at radius 1 is 1.19 bits per heavy atom. The molecule has 9 heteroatoms. The Labute approximate surface area is 187 Å². The van der Waals surface area contributed by atoms with Crippen LogP contribution in [0.5, 0.6) is 5.75 Å². The lowest BCUT2D eigenvalue weighted by atomic mass is 10.1. The van der Waals surface area contributed by atoms with Crippen LogP contribution < -0.4 is 15.0 Å². The molecule has 0 aliphatic carbocycles. The summed E-state index contributed by atoms with van der Waals surface area (Å²) in [6.45, 7) is 6.77. The zero-order chi connectivity index (χ0) is 22.9. The van der Waals surface area contributed by atoms with Crippen molar-refractivity contribution in [2.24, 2.45) is 0 Å². The highest BCUT2D eigenvalue weighted by Gasteiger charge is 2.31. The highest BCUT2D eigenvalue weighted by molar-refractivity contribution is 7.89. The summed E-state index contributed by atoms with van der Waals surface area (Å²) in [4.78, 5) is 26.8. The van der Waals surface area contributed by atoms with Gasteiger partial charge in [-0.3, -0.25) is 9.59 Å². The van der Waals surface area contributed by atoms with Gasteiger partial charge in [0.25, 0.3) is 11.8 Å². The molecule has 2 aliphatic rings. The van der Waals surface area contributed by atoms with E-state index < -0.39 is 16.1 Å². The first kappa shape index (κ1) is 22.0. The molecular weight excluding hydrogens is 430 g/mol. The highest BCUT2D eigenvalue weighted by Crippen LogP contribution is 2.36. The number of carbonyl (C=O) groups is 2. The summed E-state index contributed by atoms with van der Waals surface area (Å²) in [6, 6.07) is 11.0. The topological polar surface area (TPSA) is 96.0 Å². The summed E-state index contributed by atoms with van der Waals surface area (Å²) in [6.07, 6.45) is 2.73. The molecule has 0 radical (unpaired) electrons. The first-order chi connectivity index (χ1) is 15.3. The van der Waals surface area contributed by atoms with Gasteiger partial charge in [0, 0.05) is 37.0 Å². The van der Waals surface area contributed by atoms with Crippen LogP contribution in [0.3, 0.4) is 0 Å². The van der Waals surface area contributed by atoms with E-state index in [2.05, 4.69) is 11.9 Å². The van der Waals surface area contributed by atoms with Crippen molar-refractivity contribution in [3.05, 3.63) is 60.7 Å². The number of anilines is 2. The summed E-state index contributed by atoms with van der Waals surface area (Å²) in [5.74, 6) is -0.0417. The van der Waals surface area contributed by atoms with Crippen molar-refractivity contribution in [3.63, 3.8) is 0 Å². The molecule has 1 fully saturated rings. The predicted molar refractivity (Wildman–Crippen MR) is 121 cm³/mol. The van der Waals surface area contributed by atoms with E-state index in [1.165, 1.54) is 28.6 Å². The Hall–Kier alpha value is -3.17. The largest absolute Gasteiger partial charge is 0.479 e. The minimum absolute atomic E-state index is 0.154. The van der Waals surface area contributed by atoms with Gasteiger partial charge >= 0.3 is 0 Å². The number of nitrogens with one attached hydrogen (secondary N) is 1. The van der Waals surface area contributed by atoms with Gasteiger partial charge in [0.15, 0.2) is 6.10 Å². The van der Waals surface area contributed by atoms with Crippen LogP contribution in [-0.4, -0.2) is 50.3 Å². The van der Waals surface area contributed by atoms with Gasteiger partial charge in [-0.05, 0) is 56.2 Å². The SMILES string of the molecule is C=CCN1C(=O)C(C)Oc2cc(NC(=O)c3ccc(S(=O)(=O)N4CCCC4)cc3)ccc21. The summed E-state index contributed by atoms with van der Waals surface area (Å²) in [7, 11) is -3.52. The van der Waals surface area contributed by atoms with Crippen molar-refractivity contribution in [3.8, 4) is 5.75 Å². The molecule has 1 atom stereocenters. The summed E-state index contributed by atoms with van der Waals surface area (Å²) in [5.41, 5.74) is 1.45. The smallest absolute Gasteiger partial charge is 0.268 e. The van der Waals surface area contributed by atoms with E-state index in [4.69, 9.17) is 4.74 Å². The maximum atomic E-state index is 12.7.